The molecule has 0 aliphatic heterocycles. The number of fused-ring (bicyclic) bond motifs is 1. The molecular weight excluding hydrogens is 341 g/mol. The monoisotopic (exact) mass is 357 g/mol. The van der Waals surface area contributed by atoms with Crippen LogP contribution in [0.1, 0.15) is 24.1 Å². The number of hydrogen-bond acceptors (Lipinski definition) is 1. The zero-order valence-corrected chi connectivity index (χ0v) is 14.7. The van der Waals surface area contributed by atoms with Gasteiger partial charge in [0.2, 0.25) is 5.91 Å². The van der Waals surface area contributed by atoms with Crippen LogP contribution in [-0.4, -0.2) is 5.91 Å². The lowest BCUT2D eigenvalue weighted by Gasteiger charge is -2.16. The number of carbonyl (C=O) groups is 1. The number of nitrogens with one attached hydrogen (secondary N) is 1. The van der Waals surface area contributed by atoms with Gasteiger partial charge in [-0.1, -0.05) is 65.7 Å². The highest BCUT2D eigenvalue weighted by Crippen LogP contribution is 2.25. The average molecular weight is 358 g/mol. The van der Waals surface area contributed by atoms with Gasteiger partial charge in [0.25, 0.3) is 0 Å². The molecule has 122 valence electrons. The molecule has 1 amide bonds. The van der Waals surface area contributed by atoms with Gasteiger partial charge in [-0.05, 0) is 47.0 Å². The minimum atomic E-state index is -0.106. The van der Waals surface area contributed by atoms with Gasteiger partial charge in [0.15, 0.2) is 0 Å². The molecule has 2 nitrogen and oxygen atoms in total. The van der Waals surface area contributed by atoms with Crippen molar-refractivity contribution >= 4 is 39.9 Å². The topological polar surface area (TPSA) is 29.1 Å². The molecule has 0 radical (unpaired) electrons. The molecular formula is C20H17Cl2NO. The fourth-order valence-electron chi connectivity index (χ4n) is 2.71. The molecule has 0 bridgehead atoms. The molecule has 0 aliphatic rings. The Morgan fingerprint density at radius 1 is 0.958 bits per heavy atom. The maximum Gasteiger partial charge on any atom is 0.225 e. The van der Waals surface area contributed by atoms with Crippen LogP contribution in [0.5, 0.6) is 0 Å². The molecule has 0 heterocycles. The van der Waals surface area contributed by atoms with E-state index in [2.05, 4.69) is 29.6 Å². The SMILES string of the molecule is C[C@H](NC(=O)Cc1c(Cl)cccc1Cl)c1ccc2ccccc2c1. The molecule has 3 aromatic rings. The molecule has 3 aromatic carbocycles. The summed E-state index contributed by atoms with van der Waals surface area (Å²) >= 11 is 12.3. The third kappa shape index (κ3) is 3.72. The van der Waals surface area contributed by atoms with E-state index in [1.807, 2.05) is 25.1 Å². The van der Waals surface area contributed by atoms with E-state index in [1.54, 1.807) is 18.2 Å². The van der Waals surface area contributed by atoms with Crippen molar-refractivity contribution in [3.8, 4) is 0 Å². The molecule has 1 atom stereocenters. The van der Waals surface area contributed by atoms with Crippen molar-refractivity contribution in [2.24, 2.45) is 0 Å². The first-order valence-electron chi connectivity index (χ1n) is 7.75. The van der Waals surface area contributed by atoms with Crippen LogP contribution in [0.2, 0.25) is 10.0 Å². The van der Waals surface area contributed by atoms with Gasteiger partial charge in [-0.2, -0.15) is 0 Å². The molecule has 0 saturated heterocycles. The van der Waals surface area contributed by atoms with Crippen LogP contribution in [0.25, 0.3) is 10.8 Å². The van der Waals surface area contributed by atoms with E-state index in [0.29, 0.717) is 15.6 Å². The zero-order valence-electron chi connectivity index (χ0n) is 13.2. The number of halogens is 2. The van der Waals surface area contributed by atoms with Gasteiger partial charge < -0.3 is 5.32 Å². The molecule has 0 saturated carbocycles. The number of rotatable bonds is 4. The highest BCUT2D eigenvalue weighted by Gasteiger charge is 2.14. The lowest BCUT2D eigenvalue weighted by Crippen LogP contribution is -2.28. The fraction of sp³-hybridized carbons (Fsp3) is 0.150. The smallest absolute Gasteiger partial charge is 0.225 e. The van der Waals surface area contributed by atoms with E-state index in [0.717, 1.165) is 10.9 Å². The summed E-state index contributed by atoms with van der Waals surface area (Å²) in [6.45, 7) is 1.97. The number of benzene rings is 3. The average Bonchev–Trinajstić information content (AvgIpc) is 2.58. The second-order valence-electron chi connectivity index (χ2n) is 5.77. The molecule has 0 spiro atoms. The quantitative estimate of drug-likeness (QED) is 0.649. The van der Waals surface area contributed by atoms with Crippen LogP contribution in [-0.2, 0) is 11.2 Å². The second-order valence-corrected chi connectivity index (χ2v) is 6.59. The van der Waals surface area contributed by atoms with E-state index in [4.69, 9.17) is 23.2 Å². The predicted molar refractivity (Wildman–Crippen MR) is 101 cm³/mol. The summed E-state index contributed by atoms with van der Waals surface area (Å²) in [4.78, 5) is 12.3. The Morgan fingerprint density at radius 2 is 1.62 bits per heavy atom. The summed E-state index contributed by atoms with van der Waals surface area (Å²) < 4.78 is 0. The third-order valence-corrected chi connectivity index (χ3v) is 4.76. The first kappa shape index (κ1) is 16.8. The second kappa shape index (κ2) is 7.25. The summed E-state index contributed by atoms with van der Waals surface area (Å²) in [5.74, 6) is -0.106. The maximum atomic E-state index is 12.3. The maximum absolute atomic E-state index is 12.3. The third-order valence-electron chi connectivity index (χ3n) is 4.05. The van der Waals surface area contributed by atoms with E-state index in [9.17, 15) is 4.79 Å². The number of amides is 1. The molecule has 0 unspecified atom stereocenters. The summed E-state index contributed by atoms with van der Waals surface area (Å²) in [6, 6.07) is 19.5. The van der Waals surface area contributed by atoms with Gasteiger partial charge >= 0.3 is 0 Å². The first-order chi connectivity index (χ1) is 11.5. The normalized spacial score (nSPS) is 12.1. The van der Waals surface area contributed by atoms with Crippen LogP contribution in [0.15, 0.2) is 60.7 Å². The van der Waals surface area contributed by atoms with Crippen molar-refractivity contribution in [3.05, 3.63) is 81.8 Å². The van der Waals surface area contributed by atoms with Crippen molar-refractivity contribution in [3.63, 3.8) is 0 Å². The molecule has 0 aromatic heterocycles. The number of hydrogen-bond donors (Lipinski definition) is 1. The van der Waals surface area contributed by atoms with E-state index in [1.165, 1.54) is 5.39 Å². The summed E-state index contributed by atoms with van der Waals surface area (Å²) in [5, 5.41) is 6.37. The van der Waals surface area contributed by atoms with Crippen molar-refractivity contribution < 1.29 is 4.79 Å². The van der Waals surface area contributed by atoms with Gasteiger partial charge in [0.05, 0.1) is 12.5 Å². The van der Waals surface area contributed by atoms with Crippen LogP contribution in [0.3, 0.4) is 0 Å². The van der Waals surface area contributed by atoms with Crippen molar-refractivity contribution in [2.75, 3.05) is 0 Å². The standard InChI is InChI=1S/C20H17Cl2NO/c1-13(15-10-9-14-5-2-3-6-16(14)11-15)23-20(24)12-17-18(21)7-4-8-19(17)22/h2-11,13H,12H2,1H3,(H,23,24)/t13-/m0/s1. The summed E-state index contributed by atoms with van der Waals surface area (Å²) in [6.07, 6.45) is 0.163. The van der Waals surface area contributed by atoms with Crippen molar-refractivity contribution in [1.82, 2.24) is 5.32 Å². The highest BCUT2D eigenvalue weighted by atomic mass is 35.5. The summed E-state index contributed by atoms with van der Waals surface area (Å²) in [7, 11) is 0. The van der Waals surface area contributed by atoms with Gasteiger partial charge in [-0.25, -0.2) is 0 Å². The first-order valence-corrected chi connectivity index (χ1v) is 8.51. The minimum Gasteiger partial charge on any atom is -0.349 e. The van der Waals surface area contributed by atoms with Gasteiger partial charge in [-0.15, -0.1) is 0 Å². The fourth-order valence-corrected chi connectivity index (χ4v) is 3.25. The van der Waals surface area contributed by atoms with Crippen LogP contribution < -0.4 is 5.32 Å². The van der Waals surface area contributed by atoms with E-state index in [-0.39, 0.29) is 18.4 Å². The van der Waals surface area contributed by atoms with Crippen LogP contribution in [0.4, 0.5) is 0 Å². The minimum absolute atomic E-state index is 0.0941. The highest BCUT2D eigenvalue weighted by molar-refractivity contribution is 6.36. The Morgan fingerprint density at radius 3 is 2.33 bits per heavy atom. The Labute approximate surface area is 151 Å². The molecule has 3 rings (SSSR count). The Balaban J connectivity index is 1.73. The van der Waals surface area contributed by atoms with Crippen molar-refractivity contribution in [1.29, 1.82) is 0 Å². The zero-order chi connectivity index (χ0) is 17.1. The Kier molecular flexibility index (Phi) is 5.08. The van der Waals surface area contributed by atoms with Gasteiger partial charge in [-0.3, -0.25) is 4.79 Å². The molecule has 4 heteroatoms. The van der Waals surface area contributed by atoms with E-state index < -0.39 is 0 Å². The largest absolute Gasteiger partial charge is 0.349 e. The van der Waals surface area contributed by atoms with Gasteiger partial charge in [0, 0.05) is 10.0 Å². The molecule has 0 fully saturated rings. The van der Waals surface area contributed by atoms with Crippen molar-refractivity contribution in [2.45, 2.75) is 19.4 Å². The lowest BCUT2D eigenvalue weighted by molar-refractivity contribution is -0.121. The Bertz CT molecular complexity index is 871. The van der Waals surface area contributed by atoms with E-state index >= 15 is 0 Å². The molecule has 1 N–H and O–H groups in total. The molecule has 24 heavy (non-hydrogen) atoms. The molecule has 0 aliphatic carbocycles. The summed E-state index contributed by atoms with van der Waals surface area (Å²) in [5.41, 5.74) is 1.72. The Hall–Kier alpha value is -2.03. The predicted octanol–water partition coefficient (Wildman–Crippen LogP) is 5.57. The van der Waals surface area contributed by atoms with Crippen LogP contribution >= 0.6 is 23.2 Å². The number of carbonyl (C=O) groups excluding carboxylic acids is 1. The van der Waals surface area contributed by atoms with Crippen LogP contribution in [0, 0.1) is 0 Å². The van der Waals surface area contributed by atoms with Gasteiger partial charge in [0.1, 0.15) is 0 Å². The lowest BCUT2D eigenvalue weighted by atomic mass is 10.0.